The lowest BCUT2D eigenvalue weighted by Gasteiger charge is -2.40. The molecular weight excluding hydrogens is 346 g/mol. The summed E-state index contributed by atoms with van der Waals surface area (Å²) in [5, 5.41) is 0. The van der Waals surface area contributed by atoms with E-state index in [1.54, 1.807) is 0 Å². The molecule has 0 aromatic carbocycles. The molecule has 0 aromatic rings. The van der Waals surface area contributed by atoms with Crippen LogP contribution in [0.5, 0.6) is 0 Å². The minimum absolute atomic E-state index is 0.00381. The van der Waals surface area contributed by atoms with E-state index in [0.29, 0.717) is 25.6 Å². The zero-order valence-electron chi connectivity index (χ0n) is 17.5. The first kappa shape index (κ1) is 21.5. The zero-order chi connectivity index (χ0) is 19.4. The van der Waals surface area contributed by atoms with Crippen LogP contribution in [0.25, 0.3) is 0 Å². The first-order valence-corrected chi connectivity index (χ1v) is 11.5. The quantitative estimate of drug-likeness (QED) is 0.547. The van der Waals surface area contributed by atoms with Gasteiger partial charge in [-0.1, -0.05) is 26.7 Å². The van der Waals surface area contributed by atoms with E-state index in [1.807, 2.05) is 13.8 Å². The van der Waals surface area contributed by atoms with Crippen LogP contribution in [0, 0.1) is 29.6 Å². The zero-order valence-corrected chi connectivity index (χ0v) is 17.5. The normalized spacial score (nSPS) is 46.3. The first-order chi connectivity index (χ1) is 13.0. The molecule has 2 nitrogen and oxygen atoms in total. The molecule has 0 saturated heterocycles. The van der Waals surface area contributed by atoms with Gasteiger partial charge in [-0.2, -0.15) is 0 Å². The van der Waals surface area contributed by atoms with E-state index >= 15 is 0 Å². The molecule has 0 N–H and O–H groups in total. The van der Waals surface area contributed by atoms with Gasteiger partial charge >= 0.3 is 0 Å². The molecule has 0 aliphatic heterocycles. The second-order valence-electron chi connectivity index (χ2n) is 9.69. The average molecular weight is 387 g/mol. The Kier molecular flexibility index (Phi) is 7.96. The van der Waals surface area contributed by atoms with Gasteiger partial charge in [-0.25, -0.2) is 8.78 Å². The van der Waals surface area contributed by atoms with Gasteiger partial charge in [-0.3, -0.25) is 0 Å². The maximum absolute atomic E-state index is 14.6. The summed E-state index contributed by atoms with van der Waals surface area (Å²) in [6.07, 6.45) is 6.79. The van der Waals surface area contributed by atoms with Gasteiger partial charge in [0.05, 0.1) is 12.2 Å². The van der Waals surface area contributed by atoms with Crippen molar-refractivity contribution in [2.24, 2.45) is 29.6 Å². The molecule has 3 aliphatic carbocycles. The van der Waals surface area contributed by atoms with E-state index in [0.717, 1.165) is 17.8 Å². The van der Waals surface area contributed by atoms with Crippen molar-refractivity contribution < 1.29 is 18.3 Å². The summed E-state index contributed by atoms with van der Waals surface area (Å²) in [5.74, 6) is 3.26. The van der Waals surface area contributed by atoms with Crippen molar-refractivity contribution in [3.05, 3.63) is 0 Å². The predicted molar refractivity (Wildman–Crippen MR) is 105 cm³/mol. The van der Waals surface area contributed by atoms with Gasteiger partial charge in [-0.15, -0.1) is 0 Å². The lowest BCUT2D eigenvalue weighted by molar-refractivity contribution is -0.144. The molecule has 4 heteroatoms. The molecule has 3 rings (SSSR count). The number of hydrogen-bond donors (Lipinski definition) is 0. The van der Waals surface area contributed by atoms with Crippen molar-refractivity contribution in [2.45, 2.75) is 103 Å². The van der Waals surface area contributed by atoms with Gasteiger partial charge in [-0.05, 0) is 81.5 Å². The summed E-state index contributed by atoms with van der Waals surface area (Å²) in [7, 11) is 0. The second kappa shape index (κ2) is 10.0. The van der Waals surface area contributed by atoms with Crippen molar-refractivity contribution in [3.8, 4) is 0 Å². The van der Waals surface area contributed by atoms with Crippen LogP contribution >= 0.6 is 0 Å². The largest absolute Gasteiger partial charge is 0.375 e. The molecule has 0 radical (unpaired) electrons. The van der Waals surface area contributed by atoms with Crippen molar-refractivity contribution in [1.29, 1.82) is 0 Å². The third kappa shape index (κ3) is 5.44. The highest BCUT2D eigenvalue weighted by atomic mass is 19.2. The predicted octanol–water partition coefficient (Wildman–Crippen LogP) is 6.13. The lowest BCUT2D eigenvalue weighted by Crippen LogP contribution is -2.51. The van der Waals surface area contributed by atoms with Crippen molar-refractivity contribution in [1.82, 2.24) is 0 Å². The van der Waals surface area contributed by atoms with Crippen molar-refractivity contribution in [2.75, 3.05) is 13.2 Å². The summed E-state index contributed by atoms with van der Waals surface area (Å²) in [4.78, 5) is 0. The summed E-state index contributed by atoms with van der Waals surface area (Å²) < 4.78 is 40.3. The standard InChI is InChI=1S/C23H40F2O2/c1-4-26-20-13-16(3)23(22(25)21(20)24)27-14-17-7-11-19(12-8-17)18-9-5-15(2)6-10-18/h15-23H,4-14H2,1-3H3. The van der Waals surface area contributed by atoms with Gasteiger partial charge in [0.15, 0.2) is 12.3 Å². The number of halogens is 2. The summed E-state index contributed by atoms with van der Waals surface area (Å²) in [5.41, 5.74) is 0. The van der Waals surface area contributed by atoms with Gasteiger partial charge in [0.1, 0.15) is 0 Å². The highest BCUT2D eigenvalue weighted by Crippen LogP contribution is 2.42. The molecule has 27 heavy (non-hydrogen) atoms. The Morgan fingerprint density at radius 2 is 1.37 bits per heavy atom. The highest BCUT2D eigenvalue weighted by Gasteiger charge is 2.45. The Morgan fingerprint density at radius 3 is 1.96 bits per heavy atom. The minimum atomic E-state index is -1.56. The minimum Gasteiger partial charge on any atom is -0.375 e. The van der Waals surface area contributed by atoms with E-state index < -0.39 is 24.6 Å². The molecule has 5 unspecified atom stereocenters. The van der Waals surface area contributed by atoms with Crippen LogP contribution < -0.4 is 0 Å². The Labute approximate surface area is 164 Å². The van der Waals surface area contributed by atoms with Crippen LogP contribution in [0.4, 0.5) is 8.78 Å². The fraction of sp³-hybridized carbons (Fsp3) is 1.00. The molecule has 0 amide bonds. The molecule has 3 fully saturated rings. The van der Waals surface area contributed by atoms with E-state index in [2.05, 4.69) is 6.92 Å². The smallest absolute Gasteiger partial charge is 0.160 e. The monoisotopic (exact) mass is 386 g/mol. The molecule has 3 aliphatic rings. The number of ether oxygens (including phenoxy) is 2. The average Bonchev–Trinajstić information content (AvgIpc) is 2.67. The molecule has 0 heterocycles. The molecule has 158 valence electrons. The third-order valence-corrected chi connectivity index (χ3v) is 7.66. The van der Waals surface area contributed by atoms with Crippen LogP contribution in [0.1, 0.15) is 78.6 Å². The number of hydrogen-bond acceptors (Lipinski definition) is 2. The van der Waals surface area contributed by atoms with Gasteiger partial charge in [0, 0.05) is 13.2 Å². The summed E-state index contributed by atoms with van der Waals surface area (Å²) >= 11 is 0. The molecule has 0 spiro atoms. The lowest BCUT2D eigenvalue weighted by atomic mass is 9.69. The van der Waals surface area contributed by atoms with E-state index in [9.17, 15) is 8.78 Å². The summed E-state index contributed by atoms with van der Waals surface area (Å²) in [6.45, 7) is 7.20. The first-order valence-electron chi connectivity index (χ1n) is 11.5. The fourth-order valence-electron chi connectivity index (χ4n) is 5.79. The van der Waals surface area contributed by atoms with E-state index in [4.69, 9.17) is 9.47 Å². The molecule has 5 atom stereocenters. The topological polar surface area (TPSA) is 18.5 Å². The molecule has 0 bridgehead atoms. The third-order valence-electron chi connectivity index (χ3n) is 7.66. The maximum atomic E-state index is 14.6. The highest BCUT2D eigenvalue weighted by molar-refractivity contribution is 4.93. The van der Waals surface area contributed by atoms with Gasteiger partial charge in [0.25, 0.3) is 0 Å². The molecule has 0 aromatic heterocycles. The SMILES string of the molecule is CCOC1CC(C)C(OCC2CCC(C3CCC(C)CC3)CC2)C(F)C1F. The van der Waals surface area contributed by atoms with Gasteiger partial charge in [0.2, 0.25) is 0 Å². The Bertz CT molecular complexity index is 430. The number of alkyl halides is 2. The fourth-order valence-corrected chi connectivity index (χ4v) is 5.79. The summed E-state index contributed by atoms with van der Waals surface area (Å²) in [6, 6.07) is 0. The van der Waals surface area contributed by atoms with Crippen molar-refractivity contribution in [3.63, 3.8) is 0 Å². The van der Waals surface area contributed by atoms with Crippen LogP contribution in [0.3, 0.4) is 0 Å². The van der Waals surface area contributed by atoms with E-state index in [-0.39, 0.29) is 5.92 Å². The van der Waals surface area contributed by atoms with Gasteiger partial charge < -0.3 is 9.47 Å². The Hall–Kier alpha value is -0.220. The Morgan fingerprint density at radius 1 is 0.778 bits per heavy atom. The van der Waals surface area contributed by atoms with Crippen LogP contribution in [0.15, 0.2) is 0 Å². The van der Waals surface area contributed by atoms with Crippen LogP contribution in [-0.4, -0.2) is 37.8 Å². The molecular formula is C23H40F2O2. The number of rotatable bonds is 6. The maximum Gasteiger partial charge on any atom is 0.160 e. The van der Waals surface area contributed by atoms with Crippen LogP contribution in [-0.2, 0) is 9.47 Å². The van der Waals surface area contributed by atoms with Crippen molar-refractivity contribution >= 4 is 0 Å². The van der Waals surface area contributed by atoms with E-state index in [1.165, 1.54) is 51.4 Å². The molecule has 3 saturated carbocycles. The Balaban J connectivity index is 1.40. The second-order valence-corrected chi connectivity index (χ2v) is 9.69. The van der Waals surface area contributed by atoms with Crippen LogP contribution in [0.2, 0.25) is 0 Å².